The van der Waals surface area contributed by atoms with E-state index in [9.17, 15) is 5.11 Å². The highest BCUT2D eigenvalue weighted by atomic mass is 16.3. The molecule has 2 heteroatoms. The van der Waals surface area contributed by atoms with Crippen LogP contribution in [0.25, 0.3) is 0 Å². The van der Waals surface area contributed by atoms with Crippen LogP contribution in [-0.2, 0) is 0 Å². The molecule has 0 aromatic heterocycles. The Hall–Kier alpha value is -0.0800. The predicted octanol–water partition coefficient (Wildman–Crippen LogP) is 8.91. The minimum absolute atomic E-state index is 0.280. The van der Waals surface area contributed by atoms with E-state index >= 15 is 0 Å². The molecular weight excluding hydrogens is 354 g/mol. The molecular formula is C27H57NO. The summed E-state index contributed by atoms with van der Waals surface area (Å²) in [5, 5.41) is 13.3. The first-order valence-corrected chi connectivity index (χ1v) is 13.7. The SMILES string of the molecule is CCCCCCCCCCCCCCCCCC(O)NCCCCCCCCC. The molecule has 0 aromatic rings. The van der Waals surface area contributed by atoms with Gasteiger partial charge in [-0.05, 0) is 25.8 Å². The topological polar surface area (TPSA) is 32.3 Å². The summed E-state index contributed by atoms with van der Waals surface area (Å²) in [6.07, 6.45) is 31.0. The van der Waals surface area contributed by atoms with Gasteiger partial charge in [-0.3, -0.25) is 5.32 Å². The monoisotopic (exact) mass is 411 g/mol. The molecule has 0 aromatic carbocycles. The Bertz CT molecular complexity index is 282. The molecule has 0 radical (unpaired) electrons. The number of hydrogen-bond acceptors (Lipinski definition) is 2. The van der Waals surface area contributed by atoms with Crippen LogP contribution in [0.2, 0.25) is 0 Å². The number of aliphatic hydroxyl groups is 1. The summed E-state index contributed by atoms with van der Waals surface area (Å²) in [4.78, 5) is 0. The van der Waals surface area contributed by atoms with Crippen molar-refractivity contribution in [3.8, 4) is 0 Å². The largest absolute Gasteiger partial charge is 0.379 e. The normalized spacial score (nSPS) is 12.5. The lowest BCUT2D eigenvalue weighted by Gasteiger charge is -2.12. The smallest absolute Gasteiger partial charge is 0.104 e. The van der Waals surface area contributed by atoms with Gasteiger partial charge >= 0.3 is 0 Å². The molecule has 2 nitrogen and oxygen atoms in total. The molecule has 1 unspecified atom stereocenters. The first-order chi connectivity index (χ1) is 14.3. The van der Waals surface area contributed by atoms with E-state index in [1.54, 1.807) is 0 Å². The molecule has 1 atom stereocenters. The second-order valence-electron chi connectivity index (χ2n) is 9.33. The van der Waals surface area contributed by atoms with E-state index in [1.807, 2.05) is 0 Å². The highest BCUT2D eigenvalue weighted by molar-refractivity contribution is 4.56. The first kappa shape index (κ1) is 28.9. The van der Waals surface area contributed by atoms with Crippen LogP contribution in [0.5, 0.6) is 0 Å². The van der Waals surface area contributed by atoms with E-state index in [0.29, 0.717) is 0 Å². The Morgan fingerprint density at radius 3 is 1.14 bits per heavy atom. The summed E-state index contributed by atoms with van der Waals surface area (Å²) >= 11 is 0. The summed E-state index contributed by atoms with van der Waals surface area (Å²) in [5.41, 5.74) is 0. The fraction of sp³-hybridized carbons (Fsp3) is 1.00. The van der Waals surface area contributed by atoms with E-state index in [-0.39, 0.29) is 6.23 Å². The second-order valence-corrected chi connectivity index (χ2v) is 9.33. The lowest BCUT2D eigenvalue weighted by atomic mass is 10.0. The Morgan fingerprint density at radius 2 is 0.759 bits per heavy atom. The van der Waals surface area contributed by atoms with Crippen molar-refractivity contribution in [1.29, 1.82) is 0 Å². The first-order valence-electron chi connectivity index (χ1n) is 13.7. The van der Waals surface area contributed by atoms with Crippen molar-refractivity contribution in [2.75, 3.05) is 6.54 Å². The number of rotatable bonds is 25. The van der Waals surface area contributed by atoms with Crippen LogP contribution in [0.1, 0.15) is 162 Å². The van der Waals surface area contributed by atoms with Gasteiger partial charge in [-0.2, -0.15) is 0 Å². The maximum atomic E-state index is 10.0. The Labute approximate surface area is 185 Å². The molecule has 0 aliphatic heterocycles. The molecule has 176 valence electrons. The van der Waals surface area contributed by atoms with E-state index < -0.39 is 0 Å². The number of nitrogens with one attached hydrogen (secondary N) is 1. The third-order valence-corrected chi connectivity index (χ3v) is 6.24. The van der Waals surface area contributed by atoms with E-state index in [0.717, 1.165) is 13.0 Å². The van der Waals surface area contributed by atoms with E-state index in [4.69, 9.17) is 0 Å². The van der Waals surface area contributed by atoms with Gasteiger partial charge in [-0.1, -0.05) is 142 Å². The van der Waals surface area contributed by atoms with Gasteiger partial charge in [0.25, 0.3) is 0 Å². The molecule has 29 heavy (non-hydrogen) atoms. The van der Waals surface area contributed by atoms with Crippen molar-refractivity contribution in [1.82, 2.24) is 5.32 Å². The van der Waals surface area contributed by atoms with Crippen molar-refractivity contribution >= 4 is 0 Å². The zero-order valence-electron chi connectivity index (χ0n) is 20.5. The van der Waals surface area contributed by atoms with E-state index in [1.165, 1.54) is 141 Å². The van der Waals surface area contributed by atoms with Gasteiger partial charge in [0.15, 0.2) is 0 Å². The molecule has 0 spiro atoms. The van der Waals surface area contributed by atoms with Crippen molar-refractivity contribution in [3.63, 3.8) is 0 Å². The number of aliphatic hydroxyl groups excluding tert-OH is 1. The molecule has 0 aliphatic carbocycles. The Balaban J connectivity index is 3.11. The van der Waals surface area contributed by atoms with Crippen molar-refractivity contribution < 1.29 is 5.11 Å². The molecule has 0 aliphatic rings. The minimum Gasteiger partial charge on any atom is -0.379 e. The molecule has 0 amide bonds. The van der Waals surface area contributed by atoms with Gasteiger partial charge in [-0.15, -0.1) is 0 Å². The number of hydrogen-bond donors (Lipinski definition) is 2. The molecule has 0 fully saturated rings. The van der Waals surface area contributed by atoms with Crippen LogP contribution >= 0.6 is 0 Å². The molecule has 0 saturated carbocycles. The third-order valence-electron chi connectivity index (χ3n) is 6.24. The van der Waals surface area contributed by atoms with Crippen LogP contribution in [0.3, 0.4) is 0 Å². The van der Waals surface area contributed by atoms with Crippen LogP contribution in [-0.4, -0.2) is 17.9 Å². The zero-order valence-corrected chi connectivity index (χ0v) is 20.5. The third kappa shape index (κ3) is 25.9. The summed E-state index contributed by atoms with van der Waals surface area (Å²) in [5.74, 6) is 0. The molecule has 0 rings (SSSR count). The summed E-state index contributed by atoms with van der Waals surface area (Å²) in [7, 11) is 0. The highest BCUT2D eigenvalue weighted by Crippen LogP contribution is 2.14. The average Bonchev–Trinajstić information content (AvgIpc) is 2.72. The zero-order chi connectivity index (χ0) is 21.3. The summed E-state index contributed by atoms with van der Waals surface area (Å²) in [6, 6.07) is 0. The fourth-order valence-electron chi connectivity index (χ4n) is 4.16. The van der Waals surface area contributed by atoms with Gasteiger partial charge in [0, 0.05) is 0 Å². The van der Waals surface area contributed by atoms with Gasteiger partial charge in [0.05, 0.1) is 0 Å². The quantitative estimate of drug-likeness (QED) is 0.116. The van der Waals surface area contributed by atoms with Crippen molar-refractivity contribution in [2.24, 2.45) is 0 Å². The van der Waals surface area contributed by atoms with E-state index in [2.05, 4.69) is 19.2 Å². The van der Waals surface area contributed by atoms with Gasteiger partial charge < -0.3 is 5.11 Å². The highest BCUT2D eigenvalue weighted by Gasteiger charge is 2.02. The minimum atomic E-state index is -0.280. The van der Waals surface area contributed by atoms with Crippen molar-refractivity contribution in [2.45, 2.75) is 168 Å². The fourth-order valence-corrected chi connectivity index (χ4v) is 4.16. The van der Waals surface area contributed by atoms with Gasteiger partial charge in [0.2, 0.25) is 0 Å². The molecule has 0 saturated heterocycles. The Kier molecular flexibility index (Phi) is 25.9. The maximum Gasteiger partial charge on any atom is 0.104 e. The van der Waals surface area contributed by atoms with Crippen LogP contribution in [0, 0.1) is 0 Å². The number of unbranched alkanes of at least 4 members (excludes halogenated alkanes) is 20. The van der Waals surface area contributed by atoms with Crippen LogP contribution in [0.4, 0.5) is 0 Å². The van der Waals surface area contributed by atoms with Crippen molar-refractivity contribution in [3.05, 3.63) is 0 Å². The summed E-state index contributed by atoms with van der Waals surface area (Å²) < 4.78 is 0. The second kappa shape index (κ2) is 26.0. The maximum absolute atomic E-state index is 10.0. The van der Waals surface area contributed by atoms with Gasteiger partial charge in [0.1, 0.15) is 6.23 Å². The lowest BCUT2D eigenvalue weighted by Crippen LogP contribution is -2.29. The average molecular weight is 412 g/mol. The molecule has 0 heterocycles. The lowest BCUT2D eigenvalue weighted by molar-refractivity contribution is 0.124. The standard InChI is InChI=1S/C27H57NO/c1-3-5-7-9-11-12-13-14-15-16-17-18-19-21-23-25-27(29)28-26-24-22-20-10-8-6-4-2/h27-29H,3-26H2,1-2H3. The summed E-state index contributed by atoms with van der Waals surface area (Å²) in [6.45, 7) is 5.54. The molecule has 2 N–H and O–H groups in total. The van der Waals surface area contributed by atoms with Gasteiger partial charge in [-0.25, -0.2) is 0 Å². The molecule has 0 bridgehead atoms. The predicted molar refractivity (Wildman–Crippen MR) is 132 cm³/mol. The van der Waals surface area contributed by atoms with Crippen LogP contribution in [0.15, 0.2) is 0 Å². The Morgan fingerprint density at radius 1 is 0.448 bits per heavy atom. The van der Waals surface area contributed by atoms with Crippen LogP contribution < -0.4 is 5.32 Å².